The lowest BCUT2D eigenvalue weighted by molar-refractivity contribution is -0.141. The summed E-state index contributed by atoms with van der Waals surface area (Å²) in [5.41, 5.74) is -1.18. The number of alkyl halides is 4. The highest BCUT2D eigenvalue weighted by Crippen LogP contribution is 2.31. The van der Waals surface area contributed by atoms with E-state index in [9.17, 15) is 18.0 Å². The molecule has 0 saturated carbocycles. The quantitative estimate of drug-likeness (QED) is 0.623. The number of hydrogen-bond donors (Lipinski definition) is 0. The SMILES string of the molecule is O=C1CC(CCl)CN1c1nc(Cl)cc(C(F)(F)F)n1. The Kier molecular flexibility index (Phi) is 3.87. The van der Waals surface area contributed by atoms with E-state index in [1.807, 2.05) is 0 Å². The molecular weight excluding hydrogens is 306 g/mol. The van der Waals surface area contributed by atoms with Crippen molar-refractivity contribution in [2.24, 2.45) is 5.92 Å². The van der Waals surface area contributed by atoms with Gasteiger partial charge in [0.05, 0.1) is 0 Å². The number of anilines is 1. The van der Waals surface area contributed by atoms with Crippen LogP contribution in [0.3, 0.4) is 0 Å². The average Bonchev–Trinajstić information content (AvgIpc) is 2.68. The molecule has 0 aliphatic carbocycles. The van der Waals surface area contributed by atoms with Gasteiger partial charge in [-0.25, -0.2) is 9.97 Å². The van der Waals surface area contributed by atoms with E-state index in [1.165, 1.54) is 0 Å². The Bertz CT molecular complexity index is 509. The molecule has 1 saturated heterocycles. The van der Waals surface area contributed by atoms with E-state index < -0.39 is 11.9 Å². The molecule has 0 N–H and O–H groups in total. The van der Waals surface area contributed by atoms with Gasteiger partial charge in [-0.15, -0.1) is 11.6 Å². The summed E-state index contributed by atoms with van der Waals surface area (Å²) in [4.78, 5) is 19.8. The highest BCUT2D eigenvalue weighted by Gasteiger charge is 2.36. The maximum absolute atomic E-state index is 12.6. The number of amides is 1. The van der Waals surface area contributed by atoms with Crippen LogP contribution in [0, 0.1) is 5.92 Å². The third-order valence-electron chi connectivity index (χ3n) is 2.64. The molecule has 104 valence electrons. The maximum Gasteiger partial charge on any atom is 0.433 e. The second kappa shape index (κ2) is 5.13. The first kappa shape index (κ1) is 14.3. The highest BCUT2D eigenvalue weighted by atomic mass is 35.5. The lowest BCUT2D eigenvalue weighted by atomic mass is 10.2. The summed E-state index contributed by atoms with van der Waals surface area (Å²) in [5.74, 6) is -0.570. The van der Waals surface area contributed by atoms with Gasteiger partial charge < -0.3 is 0 Å². The zero-order valence-corrected chi connectivity index (χ0v) is 10.9. The largest absolute Gasteiger partial charge is 0.433 e. The van der Waals surface area contributed by atoms with E-state index in [2.05, 4.69) is 9.97 Å². The fourth-order valence-electron chi connectivity index (χ4n) is 1.75. The lowest BCUT2D eigenvalue weighted by Gasteiger charge is -2.16. The van der Waals surface area contributed by atoms with Crippen LogP contribution in [0.25, 0.3) is 0 Å². The van der Waals surface area contributed by atoms with Gasteiger partial charge in [-0.05, 0) is 5.92 Å². The Morgan fingerprint density at radius 2 is 2.11 bits per heavy atom. The fourth-order valence-corrected chi connectivity index (χ4v) is 2.14. The Balaban J connectivity index is 2.35. The van der Waals surface area contributed by atoms with Crippen molar-refractivity contribution >= 4 is 35.1 Å². The number of carbonyl (C=O) groups is 1. The Morgan fingerprint density at radius 3 is 2.63 bits per heavy atom. The van der Waals surface area contributed by atoms with Crippen LogP contribution in [0.15, 0.2) is 6.07 Å². The van der Waals surface area contributed by atoms with Gasteiger partial charge >= 0.3 is 6.18 Å². The summed E-state index contributed by atoms with van der Waals surface area (Å²) in [5, 5.41) is -0.362. The van der Waals surface area contributed by atoms with Crippen LogP contribution >= 0.6 is 23.2 Å². The van der Waals surface area contributed by atoms with Gasteiger partial charge in [0.15, 0.2) is 5.69 Å². The molecule has 1 aliphatic heterocycles. The Morgan fingerprint density at radius 1 is 1.42 bits per heavy atom. The molecule has 9 heteroatoms. The van der Waals surface area contributed by atoms with E-state index >= 15 is 0 Å². The van der Waals surface area contributed by atoms with Gasteiger partial charge in [-0.3, -0.25) is 9.69 Å². The Hall–Kier alpha value is -1.08. The van der Waals surface area contributed by atoms with Crippen LogP contribution in [0.2, 0.25) is 5.15 Å². The molecule has 0 bridgehead atoms. The molecule has 2 rings (SSSR count). The predicted molar refractivity (Wildman–Crippen MR) is 63.2 cm³/mol. The van der Waals surface area contributed by atoms with Crippen LogP contribution in [0.1, 0.15) is 12.1 Å². The first-order valence-electron chi connectivity index (χ1n) is 5.29. The van der Waals surface area contributed by atoms with Crippen LogP contribution in [0.5, 0.6) is 0 Å². The zero-order valence-electron chi connectivity index (χ0n) is 9.42. The minimum Gasteiger partial charge on any atom is -0.280 e. The van der Waals surface area contributed by atoms with Gasteiger partial charge in [-0.2, -0.15) is 13.2 Å². The number of carbonyl (C=O) groups excluding carboxylic acids is 1. The summed E-state index contributed by atoms with van der Waals surface area (Å²) >= 11 is 11.2. The van der Waals surface area contributed by atoms with Crippen molar-refractivity contribution in [3.8, 4) is 0 Å². The molecule has 1 atom stereocenters. The lowest BCUT2D eigenvalue weighted by Crippen LogP contribution is -2.28. The Labute approximate surface area is 116 Å². The van der Waals surface area contributed by atoms with Crippen LogP contribution in [0.4, 0.5) is 19.1 Å². The summed E-state index contributed by atoms with van der Waals surface area (Å²) in [6.45, 7) is 0.194. The summed E-state index contributed by atoms with van der Waals surface area (Å²) in [7, 11) is 0. The van der Waals surface area contributed by atoms with E-state index in [0.717, 1.165) is 4.90 Å². The molecule has 1 unspecified atom stereocenters. The van der Waals surface area contributed by atoms with Crippen molar-refractivity contribution < 1.29 is 18.0 Å². The second-order valence-corrected chi connectivity index (χ2v) is 4.80. The molecule has 1 aromatic rings. The van der Waals surface area contributed by atoms with E-state index in [0.29, 0.717) is 6.07 Å². The standard InChI is InChI=1S/C10H8Cl2F3N3O/c11-3-5-1-8(19)18(4-5)9-16-6(10(13,14)15)2-7(12)17-9/h2,5H,1,3-4H2. The van der Waals surface area contributed by atoms with Gasteiger partial charge in [0.25, 0.3) is 0 Å². The third kappa shape index (κ3) is 3.09. The van der Waals surface area contributed by atoms with Crippen LogP contribution < -0.4 is 4.90 Å². The summed E-state index contributed by atoms with van der Waals surface area (Å²) < 4.78 is 37.8. The molecule has 1 aromatic heterocycles. The van der Waals surface area contributed by atoms with Gasteiger partial charge in [0, 0.05) is 24.9 Å². The van der Waals surface area contributed by atoms with Crippen molar-refractivity contribution in [1.29, 1.82) is 0 Å². The first-order valence-corrected chi connectivity index (χ1v) is 6.20. The molecule has 19 heavy (non-hydrogen) atoms. The highest BCUT2D eigenvalue weighted by molar-refractivity contribution is 6.29. The van der Waals surface area contributed by atoms with Gasteiger partial charge in [0.1, 0.15) is 5.15 Å². The predicted octanol–water partition coefficient (Wildman–Crippen LogP) is 2.74. The monoisotopic (exact) mass is 313 g/mol. The van der Waals surface area contributed by atoms with Crippen molar-refractivity contribution in [2.45, 2.75) is 12.6 Å². The molecule has 1 aliphatic rings. The molecule has 0 aromatic carbocycles. The average molecular weight is 314 g/mol. The maximum atomic E-state index is 12.6. The third-order valence-corrected chi connectivity index (χ3v) is 3.27. The molecule has 0 radical (unpaired) electrons. The molecule has 1 amide bonds. The second-order valence-electron chi connectivity index (χ2n) is 4.10. The summed E-state index contributed by atoms with van der Waals surface area (Å²) in [6, 6.07) is 0.616. The minimum absolute atomic E-state index is 0.119. The number of rotatable bonds is 2. The molecule has 4 nitrogen and oxygen atoms in total. The number of nitrogens with zero attached hydrogens (tertiary/aromatic N) is 3. The van der Waals surface area contributed by atoms with E-state index in [1.54, 1.807) is 0 Å². The minimum atomic E-state index is -4.64. The van der Waals surface area contributed by atoms with Crippen LogP contribution in [-0.4, -0.2) is 28.3 Å². The smallest absolute Gasteiger partial charge is 0.280 e. The molecular formula is C10H8Cl2F3N3O. The van der Waals surface area contributed by atoms with Crippen LogP contribution in [-0.2, 0) is 11.0 Å². The van der Waals surface area contributed by atoms with Crippen molar-refractivity contribution in [3.05, 3.63) is 16.9 Å². The number of hydrogen-bond acceptors (Lipinski definition) is 3. The molecule has 1 fully saturated rings. The number of aromatic nitrogens is 2. The van der Waals surface area contributed by atoms with Crippen molar-refractivity contribution in [1.82, 2.24) is 9.97 Å². The number of halogens is 5. The van der Waals surface area contributed by atoms with E-state index in [-0.39, 0.29) is 41.8 Å². The first-order chi connectivity index (χ1) is 8.81. The van der Waals surface area contributed by atoms with Crippen molar-refractivity contribution in [3.63, 3.8) is 0 Å². The summed E-state index contributed by atoms with van der Waals surface area (Å²) in [6.07, 6.45) is -4.48. The fraction of sp³-hybridized carbons (Fsp3) is 0.500. The topological polar surface area (TPSA) is 46.1 Å². The van der Waals surface area contributed by atoms with E-state index in [4.69, 9.17) is 23.2 Å². The molecule has 2 heterocycles. The zero-order chi connectivity index (χ0) is 14.2. The van der Waals surface area contributed by atoms with Gasteiger partial charge in [-0.1, -0.05) is 11.6 Å². The normalized spacial score (nSPS) is 20.2. The molecule has 0 spiro atoms. The van der Waals surface area contributed by atoms with Crippen molar-refractivity contribution in [2.75, 3.05) is 17.3 Å². The van der Waals surface area contributed by atoms with Gasteiger partial charge in [0.2, 0.25) is 11.9 Å².